The SMILES string of the molecule is C=CC(=O)Nc1ccc2nc(N3CCN(CC)CC3)cc(C)c2c1. The van der Waals surface area contributed by atoms with Crippen LogP contribution >= 0.6 is 0 Å². The first-order valence-electron chi connectivity index (χ1n) is 8.43. The molecule has 5 nitrogen and oxygen atoms in total. The number of carbonyl (C=O) groups excluding carboxylic acids is 1. The number of hydrogen-bond acceptors (Lipinski definition) is 4. The van der Waals surface area contributed by atoms with Gasteiger partial charge in [0, 0.05) is 37.3 Å². The number of pyridine rings is 1. The molecule has 1 fully saturated rings. The summed E-state index contributed by atoms with van der Waals surface area (Å²) in [5, 5.41) is 3.86. The van der Waals surface area contributed by atoms with Gasteiger partial charge in [0.05, 0.1) is 5.52 Å². The van der Waals surface area contributed by atoms with Gasteiger partial charge in [0.1, 0.15) is 5.82 Å². The first-order chi connectivity index (χ1) is 11.6. The molecule has 1 aliphatic heterocycles. The molecule has 0 bridgehead atoms. The molecule has 126 valence electrons. The molecule has 1 aromatic carbocycles. The molecular weight excluding hydrogens is 300 g/mol. The summed E-state index contributed by atoms with van der Waals surface area (Å²) >= 11 is 0. The fourth-order valence-corrected chi connectivity index (χ4v) is 3.10. The fraction of sp³-hybridized carbons (Fsp3) is 0.368. The Morgan fingerprint density at radius 3 is 2.71 bits per heavy atom. The zero-order chi connectivity index (χ0) is 17.1. The molecule has 0 saturated carbocycles. The standard InChI is InChI=1S/C19H24N4O/c1-4-19(24)20-15-6-7-17-16(13-15)14(3)12-18(21-17)23-10-8-22(5-2)9-11-23/h4,6-7,12-13H,1,5,8-11H2,2-3H3,(H,20,24). The zero-order valence-corrected chi connectivity index (χ0v) is 14.4. The molecule has 1 saturated heterocycles. The van der Waals surface area contributed by atoms with E-state index in [1.807, 2.05) is 18.2 Å². The first kappa shape index (κ1) is 16.5. The second kappa shape index (κ2) is 7.01. The van der Waals surface area contributed by atoms with Crippen molar-refractivity contribution in [2.75, 3.05) is 42.9 Å². The molecule has 0 aliphatic carbocycles. The first-order valence-corrected chi connectivity index (χ1v) is 8.43. The van der Waals surface area contributed by atoms with Gasteiger partial charge >= 0.3 is 0 Å². The summed E-state index contributed by atoms with van der Waals surface area (Å²) < 4.78 is 0. The van der Waals surface area contributed by atoms with E-state index in [4.69, 9.17) is 4.98 Å². The van der Waals surface area contributed by atoms with Crippen molar-refractivity contribution in [3.05, 3.63) is 42.5 Å². The summed E-state index contributed by atoms with van der Waals surface area (Å²) in [4.78, 5) is 21.1. The Morgan fingerprint density at radius 2 is 2.04 bits per heavy atom. The number of aromatic nitrogens is 1. The lowest BCUT2D eigenvalue weighted by Crippen LogP contribution is -2.46. The van der Waals surface area contributed by atoms with E-state index >= 15 is 0 Å². The summed E-state index contributed by atoms with van der Waals surface area (Å²) in [6.07, 6.45) is 1.27. The Balaban J connectivity index is 1.86. The highest BCUT2D eigenvalue weighted by Gasteiger charge is 2.17. The van der Waals surface area contributed by atoms with Crippen LogP contribution in [0.5, 0.6) is 0 Å². The van der Waals surface area contributed by atoms with Gasteiger partial charge in [-0.25, -0.2) is 4.98 Å². The molecule has 5 heteroatoms. The van der Waals surface area contributed by atoms with Crippen LogP contribution in [0.3, 0.4) is 0 Å². The van der Waals surface area contributed by atoms with Crippen molar-refractivity contribution in [2.24, 2.45) is 0 Å². The van der Waals surface area contributed by atoms with Crippen LogP contribution in [0, 0.1) is 6.92 Å². The number of carbonyl (C=O) groups is 1. The van der Waals surface area contributed by atoms with Crippen molar-refractivity contribution in [1.29, 1.82) is 0 Å². The van der Waals surface area contributed by atoms with E-state index < -0.39 is 0 Å². The van der Waals surface area contributed by atoms with Gasteiger partial charge in [-0.3, -0.25) is 4.79 Å². The second-order valence-corrected chi connectivity index (χ2v) is 6.14. The summed E-state index contributed by atoms with van der Waals surface area (Å²) in [6, 6.07) is 7.96. The average Bonchev–Trinajstić information content (AvgIpc) is 2.62. The maximum atomic E-state index is 11.5. The number of nitrogens with one attached hydrogen (secondary N) is 1. The van der Waals surface area contributed by atoms with Gasteiger partial charge in [-0.15, -0.1) is 0 Å². The lowest BCUT2D eigenvalue weighted by molar-refractivity contribution is -0.111. The third-order valence-electron chi connectivity index (χ3n) is 4.60. The van der Waals surface area contributed by atoms with E-state index in [1.165, 1.54) is 11.6 Å². The minimum absolute atomic E-state index is 0.203. The number of amides is 1. The summed E-state index contributed by atoms with van der Waals surface area (Å²) in [6.45, 7) is 13.1. The molecule has 0 radical (unpaired) electrons. The largest absolute Gasteiger partial charge is 0.354 e. The monoisotopic (exact) mass is 324 g/mol. The Labute approximate surface area is 143 Å². The normalized spacial score (nSPS) is 15.5. The maximum absolute atomic E-state index is 11.5. The maximum Gasteiger partial charge on any atom is 0.247 e. The van der Waals surface area contributed by atoms with Crippen molar-refractivity contribution in [1.82, 2.24) is 9.88 Å². The number of likely N-dealkylation sites (N-methyl/N-ethyl adjacent to an activating group) is 1. The molecule has 1 amide bonds. The Bertz CT molecular complexity index is 763. The van der Waals surface area contributed by atoms with Crippen LogP contribution in [0.2, 0.25) is 0 Å². The molecule has 1 N–H and O–H groups in total. The van der Waals surface area contributed by atoms with Crippen LogP contribution in [0.1, 0.15) is 12.5 Å². The van der Waals surface area contributed by atoms with Crippen molar-refractivity contribution in [3.63, 3.8) is 0 Å². The number of piperazine rings is 1. The highest BCUT2D eigenvalue weighted by atomic mass is 16.1. The van der Waals surface area contributed by atoms with E-state index in [-0.39, 0.29) is 5.91 Å². The van der Waals surface area contributed by atoms with Crippen molar-refractivity contribution in [3.8, 4) is 0 Å². The lowest BCUT2D eigenvalue weighted by atomic mass is 10.1. The zero-order valence-electron chi connectivity index (χ0n) is 14.4. The van der Waals surface area contributed by atoms with Crippen LogP contribution < -0.4 is 10.2 Å². The minimum atomic E-state index is -0.203. The van der Waals surface area contributed by atoms with Crippen molar-refractivity contribution in [2.45, 2.75) is 13.8 Å². The molecule has 0 atom stereocenters. The van der Waals surface area contributed by atoms with Crippen molar-refractivity contribution < 1.29 is 4.79 Å². The fourth-order valence-electron chi connectivity index (χ4n) is 3.10. The van der Waals surface area contributed by atoms with Crippen LogP contribution in [-0.4, -0.2) is 48.5 Å². The van der Waals surface area contributed by atoms with E-state index in [1.54, 1.807) is 0 Å². The molecular formula is C19H24N4O. The van der Waals surface area contributed by atoms with Gasteiger partial charge < -0.3 is 15.1 Å². The molecule has 1 aliphatic rings. The number of hydrogen-bond donors (Lipinski definition) is 1. The van der Waals surface area contributed by atoms with E-state index in [2.05, 4.69) is 41.6 Å². The number of benzene rings is 1. The summed E-state index contributed by atoms with van der Waals surface area (Å²) in [5.74, 6) is 0.837. The Kier molecular flexibility index (Phi) is 4.81. The van der Waals surface area contributed by atoms with Gasteiger partial charge in [0.25, 0.3) is 0 Å². The molecule has 1 aromatic heterocycles. The van der Waals surface area contributed by atoms with Gasteiger partial charge in [0.2, 0.25) is 5.91 Å². The van der Waals surface area contributed by atoms with Crippen molar-refractivity contribution >= 4 is 28.3 Å². The Hall–Kier alpha value is -2.40. The third-order valence-corrected chi connectivity index (χ3v) is 4.60. The number of nitrogens with zero attached hydrogens (tertiary/aromatic N) is 3. The van der Waals surface area contributed by atoms with Crippen LogP contribution in [0.15, 0.2) is 36.9 Å². The highest BCUT2D eigenvalue weighted by Crippen LogP contribution is 2.26. The van der Waals surface area contributed by atoms with Gasteiger partial charge in [-0.1, -0.05) is 13.5 Å². The molecule has 0 spiro atoms. The molecule has 3 rings (SSSR count). The smallest absolute Gasteiger partial charge is 0.247 e. The van der Waals surface area contributed by atoms with E-state index in [0.29, 0.717) is 0 Å². The van der Waals surface area contributed by atoms with Gasteiger partial charge in [-0.2, -0.15) is 0 Å². The summed E-state index contributed by atoms with van der Waals surface area (Å²) in [7, 11) is 0. The van der Waals surface area contributed by atoms with Crippen LogP contribution in [0.4, 0.5) is 11.5 Å². The van der Waals surface area contributed by atoms with E-state index in [9.17, 15) is 4.79 Å². The highest BCUT2D eigenvalue weighted by molar-refractivity contribution is 6.00. The van der Waals surface area contributed by atoms with Crippen LogP contribution in [-0.2, 0) is 4.79 Å². The number of fused-ring (bicyclic) bond motifs is 1. The minimum Gasteiger partial charge on any atom is -0.354 e. The Morgan fingerprint density at radius 1 is 1.29 bits per heavy atom. The van der Waals surface area contributed by atoms with E-state index in [0.717, 1.165) is 55.1 Å². The van der Waals surface area contributed by atoms with Crippen LogP contribution in [0.25, 0.3) is 10.9 Å². The predicted octanol–water partition coefficient (Wildman–Crippen LogP) is 2.81. The number of anilines is 2. The van der Waals surface area contributed by atoms with Gasteiger partial charge in [-0.05, 0) is 49.4 Å². The lowest BCUT2D eigenvalue weighted by Gasteiger charge is -2.35. The second-order valence-electron chi connectivity index (χ2n) is 6.14. The number of aryl methyl sites for hydroxylation is 1. The average molecular weight is 324 g/mol. The van der Waals surface area contributed by atoms with Gasteiger partial charge in [0.15, 0.2) is 0 Å². The number of rotatable bonds is 4. The third kappa shape index (κ3) is 3.41. The predicted molar refractivity (Wildman–Crippen MR) is 99.6 cm³/mol. The quantitative estimate of drug-likeness (QED) is 0.879. The molecule has 2 heterocycles. The summed E-state index contributed by atoms with van der Waals surface area (Å²) in [5.41, 5.74) is 2.89. The molecule has 24 heavy (non-hydrogen) atoms. The topological polar surface area (TPSA) is 48.5 Å². The molecule has 2 aromatic rings. The molecule has 0 unspecified atom stereocenters.